The molecule has 0 spiro atoms. The second-order valence-electron chi connectivity index (χ2n) is 6.34. The molecule has 0 bridgehead atoms. The molecule has 2 heterocycles. The lowest BCUT2D eigenvalue weighted by molar-refractivity contribution is 0.139. The van der Waals surface area contributed by atoms with E-state index in [9.17, 15) is 4.79 Å². The molecule has 0 unspecified atom stereocenters. The maximum atomic E-state index is 12.4. The number of nitrogens with zero attached hydrogens (tertiary/aromatic N) is 4. The van der Waals surface area contributed by atoms with Crippen molar-refractivity contribution in [3.05, 3.63) is 42.5 Å². The number of hydrogen-bond acceptors (Lipinski definition) is 3. The minimum atomic E-state index is 0.0237. The number of amides is 2. The zero-order valence-electron chi connectivity index (χ0n) is 13.6. The van der Waals surface area contributed by atoms with Gasteiger partial charge in [-0.1, -0.05) is 19.1 Å². The highest BCUT2D eigenvalue weighted by Gasteiger charge is 2.26. The third kappa shape index (κ3) is 3.70. The fourth-order valence-electron chi connectivity index (χ4n) is 3.14. The average Bonchev–Trinajstić information content (AvgIpc) is 3.07. The maximum Gasteiger partial charge on any atom is 0.317 e. The van der Waals surface area contributed by atoms with E-state index in [0.717, 1.165) is 30.6 Å². The summed E-state index contributed by atoms with van der Waals surface area (Å²) in [6.07, 6.45) is 5.33. The molecule has 1 saturated heterocycles. The highest BCUT2D eigenvalue weighted by molar-refractivity contribution is 5.74. The third-order valence-electron chi connectivity index (χ3n) is 4.44. The molecule has 1 fully saturated rings. The zero-order chi connectivity index (χ0) is 16.2. The van der Waals surface area contributed by atoms with Crippen molar-refractivity contribution in [2.24, 2.45) is 5.92 Å². The standard InChI is InChI=1S/C17H23N5O/c1-13-6-7-21(14(2)8-13)17(23)19-10-15-4-3-5-16(9-15)22-12-18-11-20-22/h3-5,9,11-14H,6-8,10H2,1-2H3,(H,19,23)/t13-,14+/m0/s1. The number of urea groups is 1. The Hall–Kier alpha value is -2.37. The van der Waals surface area contributed by atoms with Gasteiger partial charge in [-0.15, -0.1) is 0 Å². The summed E-state index contributed by atoms with van der Waals surface area (Å²) in [5.41, 5.74) is 1.98. The zero-order valence-corrected chi connectivity index (χ0v) is 13.6. The number of rotatable bonds is 3. The molecule has 1 aromatic carbocycles. The van der Waals surface area contributed by atoms with Crippen LogP contribution < -0.4 is 5.32 Å². The number of carbonyl (C=O) groups is 1. The van der Waals surface area contributed by atoms with Crippen LogP contribution in [0.5, 0.6) is 0 Å². The van der Waals surface area contributed by atoms with Gasteiger partial charge < -0.3 is 10.2 Å². The first-order chi connectivity index (χ1) is 11.1. The fourth-order valence-corrected chi connectivity index (χ4v) is 3.14. The Morgan fingerprint density at radius 3 is 3.00 bits per heavy atom. The van der Waals surface area contributed by atoms with Crippen LogP contribution in [0.15, 0.2) is 36.9 Å². The summed E-state index contributed by atoms with van der Waals surface area (Å²) in [5, 5.41) is 7.15. The van der Waals surface area contributed by atoms with Crippen molar-refractivity contribution in [2.45, 2.75) is 39.3 Å². The van der Waals surface area contributed by atoms with Crippen LogP contribution >= 0.6 is 0 Å². The predicted molar refractivity (Wildman–Crippen MR) is 88.2 cm³/mol. The Kier molecular flexibility index (Phi) is 4.60. The van der Waals surface area contributed by atoms with E-state index in [1.165, 1.54) is 6.33 Å². The van der Waals surface area contributed by atoms with Crippen LogP contribution in [0.2, 0.25) is 0 Å². The molecular formula is C17H23N5O. The van der Waals surface area contributed by atoms with Gasteiger partial charge in [0.25, 0.3) is 0 Å². The van der Waals surface area contributed by atoms with Crippen LogP contribution in [-0.4, -0.2) is 38.3 Å². The van der Waals surface area contributed by atoms with Gasteiger partial charge in [-0.05, 0) is 43.4 Å². The molecule has 1 aromatic heterocycles. The quantitative estimate of drug-likeness (QED) is 0.947. The largest absolute Gasteiger partial charge is 0.334 e. The van der Waals surface area contributed by atoms with Crippen LogP contribution in [0.4, 0.5) is 4.79 Å². The average molecular weight is 313 g/mol. The molecule has 0 aliphatic carbocycles. The first-order valence-corrected chi connectivity index (χ1v) is 8.12. The maximum absolute atomic E-state index is 12.4. The molecule has 2 amide bonds. The Balaban J connectivity index is 1.60. The number of aromatic nitrogens is 3. The summed E-state index contributed by atoms with van der Waals surface area (Å²) in [7, 11) is 0. The molecule has 122 valence electrons. The summed E-state index contributed by atoms with van der Waals surface area (Å²) in [5.74, 6) is 0.702. The highest BCUT2D eigenvalue weighted by atomic mass is 16.2. The van der Waals surface area contributed by atoms with Crippen molar-refractivity contribution in [3.8, 4) is 5.69 Å². The second-order valence-corrected chi connectivity index (χ2v) is 6.34. The number of nitrogens with one attached hydrogen (secondary N) is 1. The lowest BCUT2D eigenvalue weighted by atomic mass is 9.94. The van der Waals surface area contributed by atoms with Gasteiger partial charge in [0.05, 0.1) is 5.69 Å². The van der Waals surface area contributed by atoms with Crippen molar-refractivity contribution in [2.75, 3.05) is 6.54 Å². The first-order valence-electron chi connectivity index (χ1n) is 8.12. The summed E-state index contributed by atoms with van der Waals surface area (Å²) < 4.78 is 1.71. The molecule has 1 aliphatic heterocycles. The van der Waals surface area contributed by atoms with E-state index in [1.807, 2.05) is 29.2 Å². The number of carbonyl (C=O) groups excluding carboxylic acids is 1. The summed E-state index contributed by atoms with van der Waals surface area (Å²) >= 11 is 0. The molecule has 1 aliphatic rings. The van der Waals surface area contributed by atoms with Gasteiger partial charge in [0, 0.05) is 19.1 Å². The molecule has 2 atom stereocenters. The Morgan fingerprint density at radius 1 is 1.39 bits per heavy atom. The number of likely N-dealkylation sites (tertiary alicyclic amines) is 1. The molecule has 23 heavy (non-hydrogen) atoms. The smallest absolute Gasteiger partial charge is 0.317 e. The van der Waals surface area contributed by atoms with Crippen LogP contribution in [0.1, 0.15) is 32.3 Å². The number of benzene rings is 1. The minimum absolute atomic E-state index is 0.0237. The summed E-state index contributed by atoms with van der Waals surface area (Å²) in [4.78, 5) is 18.3. The van der Waals surface area contributed by atoms with E-state index in [1.54, 1.807) is 11.0 Å². The van der Waals surface area contributed by atoms with Crippen LogP contribution in [-0.2, 0) is 6.54 Å². The van der Waals surface area contributed by atoms with Gasteiger partial charge >= 0.3 is 6.03 Å². The molecule has 6 heteroatoms. The molecular weight excluding hydrogens is 290 g/mol. The van der Waals surface area contributed by atoms with Gasteiger partial charge in [0.15, 0.2) is 0 Å². The molecule has 6 nitrogen and oxygen atoms in total. The van der Waals surface area contributed by atoms with E-state index >= 15 is 0 Å². The van der Waals surface area contributed by atoms with Gasteiger partial charge in [-0.3, -0.25) is 0 Å². The lowest BCUT2D eigenvalue weighted by Gasteiger charge is -2.36. The fraction of sp³-hybridized carbons (Fsp3) is 0.471. The van der Waals surface area contributed by atoms with Gasteiger partial charge in [-0.25, -0.2) is 14.5 Å². The van der Waals surface area contributed by atoms with Crippen molar-refractivity contribution in [1.29, 1.82) is 0 Å². The topological polar surface area (TPSA) is 63.1 Å². The summed E-state index contributed by atoms with van der Waals surface area (Å²) in [6, 6.07) is 8.27. The summed E-state index contributed by atoms with van der Waals surface area (Å²) in [6.45, 7) is 5.73. The minimum Gasteiger partial charge on any atom is -0.334 e. The SMILES string of the molecule is C[C@H]1CCN(C(=O)NCc2cccc(-n3cncn3)c2)[C@H](C)C1. The van der Waals surface area contributed by atoms with Crippen molar-refractivity contribution in [3.63, 3.8) is 0 Å². The monoisotopic (exact) mass is 313 g/mol. The van der Waals surface area contributed by atoms with E-state index < -0.39 is 0 Å². The highest BCUT2D eigenvalue weighted by Crippen LogP contribution is 2.22. The van der Waals surface area contributed by atoms with Gasteiger partial charge in [0.2, 0.25) is 0 Å². The predicted octanol–water partition coefficient (Wildman–Crippen LogP) is 2.60. The van der Waals surface area contributed by atoms with Crippen molar-refractivity contribution in [1.82, 2.24) is 25.0 Å². The Labute approximate surface area is 136 Å². The van der Waals surface area contributed by atoms with Gasteiger partial charge in [-0.2, -0.15) is 5.10 Å². The first kappa shape index (κ1) is 15.5. The number of piperidine rings is 1. The van der Waals surface area contributed by atoms with Crippen molar-refractivity contribution >= 4 is 6.03 Å². The molecule has 0 saturated carbocycles. The van der Waals surface area contributed by atoms with Crippen LogP contribution in [0.25, 0.3) is 5.69 Å². The molecule has 1 N–H and O–H groups in total. The van der Waals surface area contributed by atoms with E-state index in [-0.39, 0.29) is 6.03 Å². The molecule has 3 rings (SSSR count). The third-order valence-corrected chi connectivity index (χ3v) is 4.44. The van der Waals surface area contributed by atoms with Gasteiger partial charge in [0.1, 0.15) is 12.7 Å². The van der Waals surface area contributed by atoms with Crippen molar-refractivity contribution < 1.29 is 4.79 Å². The van der Waals surface area contributed by atoms with E-state index in [4.69, 9.17) is 0 Å². The van der Waals surface area contributed by atoms with E-state index in [0.29, 0.717) is 18.5 Å². The second kappa shape index (κ2) is 6.81. The van der Waals surface area contributed by atoms with E-state index in [2.05, 4.69) is 29.2 Å². The molecule has 2 aromatic rings. The van der Waals surface area contributed by atoms with Crippen LogP contribution in [0.3, 0.4) is 0 Å². The normalized spacial score (nSPS) is 21.2. The lowest BCUT2D eigenvalue weighted by Crippen LogP contribution is -2.48. The Bertz CT molecular complexity index is 655. The van der Waals surface area contributed by atoms with Crippen LogP contribution in [0, 0.1) is 5.92 Å². The number of hydrogen-bond donors (Lipinski definition) is 1. The Morgan fingerprint density at radius 2 is 2.26 bits per heavy atom. The molecule has 0 radical (unpaired) electrons.